The number of benzene rings is 3. The van der Waals surface area contributed by atoms with E-state index in [-0.39, 0.29) is 24.0 Å². The zero-order valence-electron chi connectivity index (χ0n) is 14.5. The molecule has 3 aromatic rings. The van der Waals surface area contributed by atoms with Gasteiger partial charge in [0.2, 0.25) is 0 Å². The zero-order chi connectivity index (χ0) is 21.3. The lowest BCUT2D eigenvalue weighted by Crippen LogP contribution is -2.25. The van der Waals surface area contributed by atoms with Gasteiger partial charge in [-0.05, 0) is 23.3 Å². The van der Waals surface area contributed by atoms with Crippen molar-refractivity contribution in [2.75, 3.05) is 0 Å². The molecule has 0 aliphatic carbocycles. The lowest BCUT2D eigenvalue weighted by molar-refractivity contribution is -0.189. The molecule has 1 nitrogen and oxygen atoms in total. The summed E-state index contributed by atoms with van der Waals surface area (Å²) in [6.45, 7) is 0. The molecule has 0 fully saturated rings. The topological polar surface area (TPSA) is 9.23 Å². The summed E-state index contributed by atoms with van der Waals surface area (Å²) in [5, 5.41) is 0. The van der Waals surface area contributed by atoms with E-state index in [9.17, 15) is 30.7 Å². The highest BCUT2D eigenvalue weighted by molar-refractivity contribution is 6.08. The summed E-state index contributed by atoms with van der Waals surface area (Å²) in [4.78, 5) is 0. The molecule has 148 valence electrons. The first-order valence-corrected chi connectivity index (χ1v) is 8.12. The highest BCUT2D eigenvalue weighted by atomic mass is 19.3. The molecule has 0 saturated carbocycles. The fourth-order valence-electron chi connectivity index (χ4n) is 2.64. The molecular weight excluding hydrogens is 400 g/mol. The third-order valence-corrected chi connectivity index (χ3v) is 4.06. The van der Waals surface area contributed by atoms with Crippen LogP contribution in [0.2, 0.25) is 0 Å². The molecular formula is C20H10BF7O. The lowest BCUT2D eigenvalue weighted by atomic mass is 9.94. The van der Waals surface area contributed by atoms with Gasteiger partial charge in [-0.2, -0.15) is 8.78 Å². The molecule has 3 aromatic carbocycles. The van der Waals surface area contributed by atoms with Crippen molar-refractivity contribution >= 4 is 7.85 Å². The van der Waals surface area contributed by atoms with Crippen molar-refractivity contribution in [2.24, 2.45) is 0 Å². The van der Waals surface area contributed by atoms with Gasteiger partial charge in [0, 0.05) is 12.1 Å². The Morgan fingerprint density at radius 1 is 0.724 bits per heavy atom. The molecule has 0 saturated heterocycles. The number of alkyl halides is 2. The van der Waals surface area contributed by atoms with Crippen molar-refractivity contribution in [3.63, 3.8) is 0 Å². The number of halogens is 7. The Bertz CT molecular complexity index is 1010. The van der Waals surface area contributed by atoms with Crippen LogP contribution in [0, 0.1) is 29.1 Å². The first-order valence-electron chi connectivity index (χ1n) is 8.12. The minimum atomic E-state index is -4.63. The van der Waals surface area contributed by atoms with Gasteiger partial charge < -0.3 is 4.74 Å². The predicted molar refractivity (Wildman–Crippen MR) is 92.1 cm³/mol. The summed E-state index contributed by atoms with van der Waals surface area (Å²) in [5.41, 5.74) is -0.685. The Morgan fingerprint density at radius 2 is 1.24 bits per heavy atom. The van der Waals surface area contributed by atoms with Crippen LogP contribution >= 0.6 is 0 Å². The third kappa shape index (κ3) is 4.23. The second-order valence-electron chi connectivity index (χ2n) is 6.04. The van der Waals surface area contributed by atoms with E-state index < -0.39 is 46.5 Å². The van der Waals surface area contributed by atoms with E-state index in [1.807, 2.05) is 0 Å². The van der Waals surface area contributed by atoms with Crippen LogP contribution in [0.15, 0.2) is 48.5 Å². The molecule has 0 spiro atoms. The summed E-state index contributed by atoms with van der Waals surface area (Å²) in [7, 11) is 5.46. The van der Waals surface area contributed by atoms with Gasteiger partial charge in [-0.3, -0.25) is 0 Å². The van der Waals surface area contributed by atoms with Gasteiger partial charge >= 0.3 is 6.11 Å². The number of ether oxygens (including phenoxy) is 1. The molecule has 9 heteroatoms. The van der Waals surface area contributed by atoms with E-state index in [1.54, 1.807) is 12.1 Å². The molecule has 0 bridgehead atoms. The molecule has 0 aromatic heterocycles. The van der Waals surface area contributed by atoms with Crippen LogP contribution in [-0.4, -0.2) is 7.85 Å². The van der Waals surface area contributed by atoms with Gasteiger partial charge in [-0.1, -0.05) is 36.1 Å². The standard InChI is InChI=1S/C20H10BF7O/c21-9-10-1-3-11(4-2-10)12-5-14(22)18(15(23)6-12)20(27,28)29-13-7-16(24)19(26)17(25)8-13/h1-8H,9H2. The van der Waals surface area contributed by atoms with Crippen LogP contribution in [-0.2, 0) is 12.4 Å². The van der Waals surface area contributed by atoms with Gasteiger partial charge in [0.1, 0.15) is 22.9 Å². The number of hydrogen-bond acceptors (Lipinski definition) is 1. The van der Waals surface area contributed by atoms with Crippen LogP contribution in [0.4, 0.5) is 30.7 Å². The van der Waals surface area contributed by atoms with Crippen LogP contribution in [0.25, 0.3) is 11.1 Å². The Balaban J connectivity index is 1.97. The highest BCUT2D eigenvalue weighted by Gasteiger charge is 2.41. The second-order valence-corrected chi connectivity index (χ2v) is 6.04. The van der Waals surface area contributed by atoms with Gasteiger partial charge in [-0.25, -0.2) is 22.0 Å². The first-order chi connectivity index (χ1) is 13.6. The highest BCUT2D eigenvalue weighted by Crippen LogP contribution is 2.37. The normalized spacial score (nSPS) is 11.6. The van der Waals surface area contributed by atoms with Crippen molar-refractivity contribution < 1.29 is 35.5 Å². The van der Waals surface area contributed by atoms with E-state index in [1.165, 1.54) is 12.1 Å². The summed E-state index contributed by atoms with van der Waals surface area (Å²) >= 11 is 0. The summed E-state index contributed by atoms with van der Waals surface area (Å²) in [6, 6.07) is 7.83. The van der Waals surface area contributed by atoms with E-state index in [0.717, 1.165) is 5.56 Å². The monoisotopic (exact) mass is 410 g/mol. The minimum Gasteiger partial charge on any atom is -0.429 e. The SMILES string of the molecule is [B]Cc1ccc(-c2cc(F)c(C(F)(F)Oc3cc(F)c(F)c(F)c3)c(F)c2)cc1. The maximum atomic E-state index is 14.3. The molecule has 0 aliphatic heterocycles. The average molecular weight is 410 g/mol. The largest absolute Gasteiger partial charge is 0.432 e. The van der Waals surface area contributed by atoms with Crippen molar-refractivity contribution in [1.82, 2.24) is 0 Å². The van der Waals surface area contributed by atoms with Crippen molar-refractivity contribution in [1.29, 1.82) is 0 Å². The van der Waals surface area contributed by atoms with Crippen molar-refractivity contribution in [2.45, 2.75) is 12.4 Å². The molecule has 0 unspecified atom stereocenters. The van der Waals surface area contributed by atoms with E-state index in [0.29, 0.717) is 17.7 Å². The van der Waals surface area contributed by atoms with Gasteiger partial charge in [0.25, 0.3) is 0 Å². The number of hydrogen-bond donors (Lipinski definition) is 0. The first kappa shape index (κ1) is 20.8. The Kier molecular flexibility index (Phi) is 5.59. The average Bonchev–Trinajstić information content (AvgIpc) is 2.65. The van der Waals surface area contributed by atoms with Crippen LogP contribution < -0.4 is 4.74 Å². The molecule has 0 amide bonds. The molecule has 29 heavy (non-hydrogen) atoms. The Morgan fingerprint density at radius 3 is 1.72 bits per heavy atom. The quantitative estimate of drug-likeness (QED) is 0.292. The molecule has 2 radical (unpaired) electrons. The fourth-order valence-corrected chi connectivity index (χ4v) is 2.64. The summed E-state index contributed by atoms with van der Waals surface area (Å²) in [5.74, 6) is -9.93. The van der Waals surface area contributed by atoms with Crippen molar-refractivity contribution in [3.8, 4) is 16.9 Å². The molecule has 0 heterocycles. The smallest absolute Gasteiger partial charge is 0.429 e. The number of rotatable bonds is 5. The minimum absolute atomic E-state index is 0.0259. The second kappa shape index (κ2) is 7.81. The molecule has 0 N–H and O–H groups in total. The zero-order valence-corrected chi connectivity index (χ0v) is 14.5. The van der Waals surface area contributed by atoms with E-state index >= 15 is 0 Å². The van der Waals surface area contributed by atoms with Crippen molar-refractivity contribution in [3.05, 3.63) is 88.7 Å². The predicted octanol–water partition coefficient (Wildman–Crippen LogP) is 5.85. The maximum Gasteiger partial charge on any atom is 0.432 e. The molecule has 0 atom stereocenters. The maximum absolute atomic E-state index is 14.3. The molecule has 0 aliphatic rings. The summed E-state index contributed by atoms with van der Waals surface area (Å²) < 4.78 is 101. The lowest BCUT2D eigenvalue weighted by Gasteiger charge is -2.20. The van der Waals surface area contributed by atoms with Crippen LogP contribution in [0.3, 0.4) is 0 Å². The Hall–Kier alpha value is -2.97. The van der Waals surface area contributed by atoms with Crippen LogP contribution in [0.5, 0.6) is 5.75 Å². The third-order valence-electron chi connectivity index (χ3n) is 4.06. The van der Waals surface area contributed by atoms with Gasteiger partial charge in [0.15, 0.2) is 17.5 Å². The van der Waals surface area contributed by atoms with Gasteiger partial charge in [-0.15, -0.1) is 0 Å². The molecule has 3 rings (SSSR count). The van der Waals surface area contributed by atoms with Crippen LogP contribution in [0.1, 0.15) is 11.1 Å². The fraction of sp³-hybridized carbons (Fsp3) is 0.100. The van der Waals surface area contributed by atoms with E-state index in [2.05, 4.69) is 4.74 Å². The summed E-state index contributed by atoms with van der Waals surface area (Å²) in [6.07, 6.45) is -4.39. The van der Waals surface area contributed by atoms with Gasteiger partial charge in [0.05, 0.1) is 7.85 Å². The van der Waals surface area contributed by atoms with E-state index in [4.69, 9.17) is 7.85 Å². The Labute approximate surface area is 162 Å².